The fourth-order valence-electron chi connectivity index (χ4n) is 14.3. The molecule has 0 radical (unpaired) electrons. The predicted molar refractivity (Wildman–Crippen MR) is 185 cm³/mol. The van der Waals surface area contributed by atoms with Crippen molar-refractivity contribution in [3.63, 3.8) is 0 Å². The van der Waals surface area contributed by atoms with E-state index < -0.39 is 5.97 Å². The Morgan fingerprint density at radius 1 is 0.560 bits per heavy atom. The van der Waals surface area contributed by atoms with E-state index in [1.807, 2.05) is 6.92 Å². The van der Waals surface area contributed by atoms with E-state index in [0.717, 1.165) is 95.7 Å². The van der Waals surface area contributed by atoms with Crippen LogP contribution in [-0.4, -0.2) is 75.0 Å². The van der Waals surface area contributed by atoms with Gasteiger partial charge in [0.25, 0.3) is 0 Å². The average molecular weight is 699 g/mol. The minimum atomic E-state index is -0.471. The van der Waals surface area contributed by atoms with E-state index in [-0.39, 0.29) is 62.5 Å². The second-order valence-corrected chi connectivity index (χ2v) is 17.7. The lowest BCUT2D eigenvalue weighted by atomic mass is 9.62. The lowest BCUT2D eigenvalue weighted by Gasteiger charge is -2.43. The van der Waals surface area contributed by atoms with Crippen LogP contribution in [0.2, 0.25) is 0 Å². The number of carbonyl (C=O) groups is 4. The number of fused-ring (bicyclic) bond motifs is 18. The molecular formula is C40H62N2O8. The molecule has 280 valence electrons. The zero-order chi connectivity index (χ0) is 35.4. The molecule has 0 saturated heterocycles. The molecule has 18 unspecified atom stereocenters. The van der Waals surface area contributed by atoms with Crippen molar-refractivity contribution in [2.75, 3.05) is 46.1 Å². The van der Waals surface area contributed by atoms with Crippen molar-refractivity contribution in [1.29, 1.82) is 0 Å². The monoisotopic (exact) mass is 698 g/mol. The number of aliphatic hydroxyl groups excluding tert-OH is 1. The fourth-order valence-corrected chi connectivity index (χ4v) is 14.3. The van der Waals surface area contributed by atoms with Crippen molar-refractivity contribution in [3.05, 3.63) is 0 Å². The zero-order valence-electron chi connectivity index (χ0n) is 30.9. The SMILES string of the molecule is CC1C(C)C2CC1C1C3CC(C(=O)NCC(=O)OCCO)C(C3)C21.CCOCCOC(=O)CNC(=O)C1CC2CC1C1C3CC(C(C)C3C)C21. The number of hydrogen-bond acceptors (Lipinski definition) is 8. The normalized spacial score (nSPS) is 46.3. The van der Waals surface area contributed by atoms with Gasteiger partial charge in [0.1, 0.15) is 26.3 Å². The molecule has 8 aliphatic rings. The van der Waals surface area contributed by atoms with Gasteiger partial charge in [0.2, 0.25) is 11.8 Å². The Bertz CT molecular complexity index is 1290. The molecular weight excluding hydrogens is 636 g/mol. The third-order valence-electron chi connectivity index (χ3n) is 16.2. The van der Waals surface area contributed by atoms with Gasteiger partial charge in [-0.1, -0.05) is 27.7 Å². The largest absolute Gasteiger partial charge is 0.462 e. The summed E-state index contributed by atoms with van der Waals surface area (Å²) in [6, 6.07) is 0. The highest BCUT2D eigenvalue weighted by atomic mass is 16.6. The van der Waals surface area contributed by atoms with E-state index in [9.17, 15) is 19.2 Å². The van der Waals surface area contributed by atoms with Gasteiger partial charge < -0.3 is 30.0 Å². The summed E-state index contributed by atoms with van der Waals surface area (Å²) in [6.45, 7) is 12.6. The Kier molecular flexibility index (Phi) is 10.6. The topological polar surface area (TPSA) is 140 Å². The fraction of sp³-hybridized carbons (Fsp3) is 0.900. The molecule has 10 heteroatoms. The Morgan fingerprint density at radius 2 is 0.980 bits per heavy atom. The van der Waals surface area contributed by atoms with Crippen LogP contribution in [0.1, 0.15) is 73.1 Å². The second-order valence-electron chi connectivity index (χ2n) is 17.7. The van der Waals surface area contributed by atoms with Crippen molar-refractivity contribution < 1.29 is 38.5 Å². The molecule has 3 N–H and O–H groups in total. The average Bonchev–Trinajstić information content (AvgIpc) is 3.97. The zero-order valence-corrected chi connectivity index (χ0v) is 30.9. The van der Waals surface area contributed by atoms with Gasteiger partial charge in [0, 0.05) is 18.4 Å². The first-order valence-corrected chi connectivity index (χ1v) is 20.1. The van der Waals surface area contributed by atoms with Gasteiger partial charge in [-0.2, -0.15) is 0 Å². The molecule has 8 aliphatic carbocycles. The van der Waals surface area contributed by atoms with Crippen LogP contribution in [0.5, 0.6) is 0 Å². The standard InChI is InChI=1S/C21H33NO4.C19H29NO4/c1-4-25-5-6-26-18(23)10-22-21(24)17-8-13-7-16(17)20-15-9-14(19(13)20)11(2)12(15)3;1-9-10(2)13-7-12(9)17-11-5-14(18(13)17)15(6-11)19(23)20-8-16(22)24-4-3-21/h11-17,19-20H,4-10H2,1-3H3,(H,22,24);9-15,17-18,21H,3-8H2,1-2H3,(H,20,23). The summed E-state index contributed by atoms with van der Waals surface area (Å²) < 4.78 is 15.0. The highest BCUT2D eigenvalue weighted by molar-refractivity contribution is 5.85. The van der Waals surface area contributed by atoms with Crippen molar-refractivity contribution in [2.24, 2.45) is 107 Å². The summed E-state index contributed by atoms with van der Waals surface area (Å²) in [4.78, 5) is 48.6. The van der Waals surface area contributed by atoms with E-state index in [1.165, 1.54) is 25.7 Å². The molecule has 10 nitrogen and oxygen atoms in total. The van der Waals surface area contributed by atoms with Crippen LogP contribution in [0.15, 0.2) is 0 Å². The summed E-state index contributed by atoms with van der Waals surface area (Å²) in [5, 5.41) is 14.3. The third kappa shape index (κ3) is 6.20. The summed E-state index contributed by atoms with van der Waals surface area (Å²) in [7, 11) is 0. The van der Waals surface area contributed by atoms with Gasteiger partial charge >= 0.3 is 11.9 Å². The molecule has 50 heavy (non-hydrogen) atoms. The Hall–Kier alpha value is -2.20. The van der Waals surface area contributed by atoms with Crippen LogP contribution in [-0.2, 0) is 33.4 Å². The van der Waals surface area contributed by atoms with Gasteiger partial charge in [-0.25, -0.2) is 0 Å². The summed E-state index contributed by atoms with van der Waals surface area (Å²) in [5.41, 5.74) is 0. The number of carbonyl (C=O) groups excluding carboxylic acids is 4. The van der Waals surface area contributed by atoms with Crippen LogP contribution in [0, 0.1) is 107 Å². The minimum Gasteiger partial charge on any atom is -0.462 e. The molecule has 0 spiro atoms. The van der Waals surface area contributed by atoms with Crippen LogP contribution in [0.4, 0.5) is 0 Å². The molecule has 8 fully saturated rings. The lowest BCUT2D eigenvalue weighted by Crippen LogP contribution is -2.44. The molecule has 0 aromatic rings. The molecule has 0 aromatic carbocycles. The first-order chi connectivity index (χ1) is 24.0. The maximum absolute atomic E-state index is 12.7. The molecule has 8 rings (SSSR count). The predicted octanol–water partition coefficient (Wildman–Crippen LogP) is 3.94. The van der Waals surface area contributed by atoms with E-state index in [0.29, 0.717) is 25.0 Å². The smallest absolute Gasteiger partial charge is 0.325 e. The second kappa shape index (κ2) is 14.7. The van der Waals surface area contributed by atoms with Crippen molar-refractivity contribution in [3.8, 4) is 0 Å². The van der Waals surface area contributed by atoms with Crippen LogP contribution < -0.4 is 10.6 Å². The van der Waals surface area contributed by atoms with Crippen molar-refractivity contribution in [1.82, 2.24) is 10.6 Å². The molecule has 8 bridgehead atoms. The minimum absolute atomic E-state index is 0.00821. The highest BCUT2D eigenvalue weighted by Crippen LogP contribution is 2.72. The van der Waals surface area contributed by atoms with E-state index >= 15 is 0 Å². The van der Waals surface area contributed by atoms with Crippen LogP contribution in [0.3, 0.4) is 0 Å². The molecule has 0 aromatic heterocycles. The van der Waals surface area contributed by atoms with E-state index in [4.69, 9.17) is 19.3 Å². The van der Waals surface area contributed by atoms with Gasteiger partial charge in [0.05, 0.1) is 13.2 Å². The van der Waals surface area contributed by atoms with Gasteiger partial charge in [0.15, 0.2) is 0 Å². The quantitative estimate of drug-likeness (QED) is 0.158. The molecule has 18 atom stereocenters. The van der Waals surface area contributed by atoms with Gasteiger partial charge in [-0.3, -0.25) is 19.2 Å². The van der Waals surface area contributed by atoms with Crippen LogP contribution >= 0.6 is 0 Å². The van der Waals surface area contributed by atoms with E-state index in [2.05, 4.69) is 38.3 Å². The summed E-state index contributed by atoms with van der Waals surface area (Å²) in [5.74, 6) is 12.0. The number of aliphatic hydroxyl groups is 1. The molecule has 0 heterocycles. The number of ether oxygens (including phenoxy) is 3. The maximum Gasteiger partial charge on any atom is 0.325 e. The number of rotatable bonds is 12. The lowest BCUT2D eigenvalue weighted by molar-refractivity contribution is -0.146. The summed E-state index contributed by atoms with van der Waals surface area (Å²) in [6.07, 6.45) is 7.26. The first-order valence-electron chi connectivity index (χ1n) is 20.1. The number of esters is 2. The Labute approximate surface area is 298 Å². The third-order valence-corrected chi connectivity index (χ3v) is 16.2. The van der Waals surface area contributed by atoms with Gasteiger partial charge in [-0.15, -0.1) is 0 Å². The first kappa shape index (κ1) is 36.2. The van der Waals surface area contributed by atoms with Crippen molar-refractivity contribution in [2.45, 2.75) is 73.1 Å². The Morgan fingerprint density at radius 3 is 1.40 bits per heavy atom. The van der Waals surface area contributed by atoms with Crippen LogP contribution in [0.25, 0.3) is 0 Å². The number of hydrogen-bond donors (Lipinski definition) is 3. The molecule has 8 saturated carbocycles. The number of nitrogens with one attached hydrogen (secondary N) is 2. The van der Waals surface area contributed by atoms with Gasteiger partial charge in [-0.05, 0) is 140 Å². The summed E-state index contributed by atoms with van der Waals surface area (Å²) >= 11 is 0. The Balaban J connectivity index is 0.000000157. The molecule has 0 aliphatic heterocycles. The van der Waals surface area contributed by atoms with Crippen molar-refractivity contribution >= 4 is 23.8 Å². The number of amides is 2. The van der Waals surface area contributed by atoms with E-state index in [1.54, 1.807) is 0 Å². The highest BCUT2D eigenvalue weighted by Gasteiger charge is 2.68. The molecule has 2 amide bonds. The maximum atomic E-state index is 12.7.